The van der Waals surface area contributed by atoms with Crippen LogP contribution in [-0.2, 0) is 0 Å². The van der Waals surface area contributed by atoms with E-state index in [1.165, 1.54) is 0 Å². The van der Waals surface area contributed by atoms with E-state index in [-0.39, 0.29) is 0 Å². The Morgan fingerprint density at radius 3 is 2.37 bits per heavy atom. The summed E-state index contributed by atoms with van der Waals surface area (Å²) in [6.45, 7) is -1.59. The van der Waals surface area contributed by atoms with Gasteiger partial charge >= 0.3 is 4.45 Å². The van der Waals surface area contributed by atoms with E-state index in [9.17, 15) is 20.3 Å². The van der Waals surface area contributed by atoms with Gasteiger partial charge < -0.3 is 20.1 Å². The van der Waals surface area contributed by atoms with Gasteiger partial charge in [-0.1, -0.05) is 18.2 Å². The molecule has 3 N–H and O–H groups in total. The van der Waals surface area contributed by atoms with Gasteiger partial charge in [0.15, 0.2) is 12.2 Å². The number of hydrogen-bond donors (Lipinski definition) is 3. The van der Waals surface area contributed by atoms with Crippen molar-refractivity contribution in [1.82, 2.24) is 0 Å². The molecule has 0 aliphatic rings. The first-order valence-electron chi connectivity index (χ1n) is 5.40. The van der Waals surface area contributed by atoms with E-state index in [1.807, 2.05) is 0 Å². The molecule has 1 rings (SSSR count). The summed E-state index contributed by atoms with van der Waals surface area (Å²) in [4.78, 5) is 10.0. The van der Waals surface area contributed by atoms with Crippen molar-refractivity contribution in [2.24, 2.45) is 0 Å². The standard InChI is InChI=1S/C11H14BrNO6/c12-11(7-15,13(17)18)10(16)9(6-14)19-8-4-2-1-3-5-8/h1-5,9-10,14-16H,6-7H2. The molecular formula is C11H14BrNO6. The highest BCUT2D eigenvalue weighted by atomic mass is 79.9. The summed E-state index contributed by atoms with van der Waals surface area (Å²) in [6, 6.07) is 8.26. The number of alkyl halides is 1. The molecule has 19 heavy (non-hydrogen) atoms. The third-order valence-corrected chi connectivity index (χ3v) is 3.55. The Kier molecular flexibility index (Phi) is 5.67. The fourth-order valence-electron chi connectivity index (χ4n) is 1.42. The van der Waals surface area contributed by atoms with E-state index >= 15 is 0 Å². The fourth-order valence-corrected chi connectivity index (χ4v) is 1.71. The van der Waals surface area contributed by atoms with Gasteiger partial charge in [-0.05, 0) is 12.1 Å². The molecule has 8 heteroatoms. The lowest BCUT2D eigenvalue weighted by molar-refractivity contribution is -0.553. The van der Waals surface area contributed by atoms with Crippen molar-refractivity contribution in [3.63, 3.8) is 0 Å². The van der Waals surface area contributed by atoms with Crippen molar-refractivity contribution in [3.8, 4) is 5.75 Å². The molecule has 0 aliphatic heterocycles. The Morgan fingerprint density at radius 1 is 1.37 bits per heavy atom. The summed E-state index contributed by atoms with van der Waals surface area (Å²) < 4.78 is 3.09. The van der Waals surface area contributed by atoms with Crippen LogP contribution in [0.1, 0.15) is 0 Å². The van der Waals surface area contributed by atoms with Crippen LogP contribution in [0.5, 0.6) is 5.75 Å². The first kappa shape index (κ1) is 15.8. The molecule has 3 atom stereocenters. The van der Waals surface area contributed by atoms with Gasteiger partial charge in [-0.3, -0.25) is 10.1 Å². The van der Waals surface area contributed by atoms with Crippen LogP contribution in [0.4, 0.5) is 0 Å². The van der Waals surface area contributed by atoms with Crippen LogP contribution in [-0.4, -0.2) is 50.1 Å². The van der Waals surface area contributed by atoms with Gasteiger partial charge in [0, 0.05) is 20.9 Å². The van der Waals surface area contributed by atoms with Crippen LogP contribution in [0.25, 0.3) is 0 Å². The summed E-state index contributed by atoms with van der Waals surface area (Å²) in [6.07, 6.45) is -2.99. The molecule has 0 aliphatic carbocycles. The maximum absolute atomic E-state index is 10.9. The van der Waals surface area contributed by atoms with Crippen molar-refractivity contribution in [1.29, 1.82) is 0 Å². The van der Waals surface area contributed by atoms with E-state index in [2.05, 4.69) is 15.9 Å². The number of aliphatic hydroxyl groups excluding tert-OH is 3. The number of nitrogens with zero attached hydrogens (tertiary/aromatic N) is 1. The predicted molar refractivity (Wildman–Crippen MR) is 69.7 cm³/mol. The first-order valence-corrected chi connectivity index (χ1v) is 6.20. The normalized spacial score (nSPS) is 17.3. The molecule has 0 amide bonds. The average molecular weight is 336 g/mol. The van der Waals surface area contributed by atoms with Crippen LogP contribution < -0.4 is 4.74 Å². The highest BCUT2D eigenvalue weighted by molar-refractivity contribution is 9.10. The van der Waals surface area contributed by atoms with E-state index in [4.69, 9.17) is 9.84 Å². The number of para-hydroxylation sites is 1. The summed E-state index contributed by atoms with van der Waals surface area (Å²) in [7, 11) is 0. The number of hydrogen-bond acceptors (Lipinski definition) is 6. The molecular weight excluding hydrogens is 322 g/mol. The largest absolute Gasteiger partial charge is 0.485 e. The number of benzene rings is 1. The van der Waals surface area contributed by atoms with Crippen molar-refractivity contribution in [3.05, 3.63) is 40.4 Å². The van der Waals surface area contributed by atoms with Gasteiger partial charge in [-0.2, -0.15) is 0 Å². The number of halogens is 1. The lowest BCUT2D eigenvalue weighted by atomic mass is 10.1. The molecule has 0 bridgehead atoms. The van der Waals surface area contributed by atoms with Gasteiger partial charge in [0.25, 0.3) is 0 Å². The first-order chi connectivity index (χ1) is 8.95. The minimum atomic E-state index is -2.19. The molecule has 0 saturated heterocycles. The van der Waals surface area contributed by atoms with Gasteiger partial charge in [0.1, 0.15) is 12.4 Å². The molecule has 1 aromatic rings. The van der Waals surface area contributed by atoms with Crippen molar-refractivity contribution in [2.45, 2.75) is 16.7 Å². The molecule has 0 radical (unpaired) electrons. The van der Waals surface area contributed by atoms with Crippen LogP contribution >= 0.6 is 15.9 Å². The molecule has 106 valence electrons. The Bertz CT molecular complexity index is 417. The van der Waals surface area contributed by atoms with E-state index in [0.717, 1.165) is 0 Å². The molecule has 1 aromatic carbocycles. The number of aliphatic hydroxyl groups is 3. The van der Waals surface area contributed by atoms with Gasteiger partial charge in [-0.15, -0.1) is 0 Å². The number of rotatable bonds is 7. The van der Waals surface area contributed by atoms with E-state index in [1.54, 1.807) is 30.3 Å². The van der Waals surface area contributed by atoms with Crippen LogP contribution in [0, 0.1) is 10.1 Å². The van der Waals surface area contributed by atoms with Crippen LogP contribution in [0.3, 0.4) is 0 Å². The van der Waals surface area contributed by atoms with Gasteiger partial charge in [0.2, 0.25) is 0 Å². The monoisotopic (exact) mass is 335 g/mol. The molecule has 3 unspecified atom stereocenters. The van der Waals surface area contributed by atoms with Crippen LogP contribution in [0.2, 0.25) is 0 Å². The SMILES string of the molecule is O=[N+]([O-])C(Br)(CO)C(O)C(CO)Oc1ccccc1. The molecule has 0 saturated carbocycles. The van der Waals surface area contributed by atoms with Gasteiger partial charge in [0.05, 0.1) is 6.61 Å². The third-order valence-electron chi connectivity index (χ3n) is 2.54. The Balaban J connectivity index is 2.87. The fraction of sp³-hybridized carbons (Fsp3) is 0.455. The molecule has 0 heterocycles. The lowest BCUT2D eigenvalue weighted by Gasteiger charge is -2.28. The quantitative estimate of drug-likeness (QED) is 0.283. The van der Waals surface area contributed by atoms with Crippen LogP contribution in [0.15, 0.2) is 30.3 Å². The summed E-state index contributed by atoms with van der Waals surface area (Å²) in [5, 5.41) is 39.0. The zero-order chi connectivity index (χ0) is 14.5. The van der Waals surface area contributed by atoms with Gasteiger partial charge in [-0.25, -0.2) is 0 Å². The maximum Gasteiger partial charge on any atom is 0.326 e. The molecule has 7 nitrogen and oxygen atoms in total. The zero-order valence-electron chi connectivity index (χ0n) is 9.85. The topological polar surface area (TPSA) is 113 Å². The number of nitro groups is 1. The highest BCUT2D eigenvalue weighted by Crippen LogP contribution is 2.27. The minimum absolute atomic E-state index is 0.344. The molecule has 0 aromatic heterocycles. The summed E-state index contributed by atoms with van der Waals surface area (Å²) in [5.74, 6) is 0.344. The third kappa shape index (κ3) is 3.63. The second-order valence-corrected chi connectivity index (χ2v) is 5.20. The smallest absolute Gasteiger partial charge is 0.326 e. The average Bonchev–Trinajstić information content (AvgIpc) is 2.43. The second kappa shape index (κ2) is 6.80. The minimum Gasteiger partial charge on any atom is -0.485 e. The van der Waals surface area contributed by atoms with Crippen molar-refractivity contribution in [2.75, 3.05) is 13.2 Å². The molecule has 0 fully saturated rings. The Hall–Kier alpha value is -1.22. The zero-order valence-corrected chi connectivity index (χ0v) is 11.4. The highest BCUT2D eigenvalue weighted by Gasteiger charge is 2.51. The van der Waals surface area contributed by atoms with E-state index < -0.39 is 34.8 Å². The van der Waals surface area contributed by atoms with Crippen molar-refractivity contribution < 1.29 is 25.0 Å². The lowest BCUT2D eigenvalue weighted by Crippen LogP contribution is -2.55. The number of ether oxygens (including phenoxy) is 1. The van der Waals surface area contributed by atoms with Crippen molar-refractivity contribution >= 4 is 15.9 Å². The van der Waals surface area contributed by atoms with E-state index in [0.29, 0.717) is 5.75 Å². The Morgan fingerprint density at radius 2 is 1.95 bits per heavy atom. The summed E-state index contributed by atoms with van der Waals surface area (Å²) >= 11 is 2.68. The molecule has 0 spiro atoms. The predicted octanol–water partition coefficient (Wildman–Crippen LogP) is 0.147. The maximum atomic E-state index is 10.9. The second-order valence-electron chi connectivity index (χ2n) is 3.83. The Labute approximate surface area is 117 Å². The summed E-state index contributed by atoms with van der Waals surface area (Å²) in [5.41, 5.74) is 0.